The Hall–Kier alpha value is -1.06. The van der Waals surface area contributed by atoms with Crippen LogP contribution in [-0.4, -0.2) is 35.0 Å². The van der Waals surface area contributed by atoms with Gasteiger partial charge in [-0.3, -0.25) is 9.59 Å². The summed E-state index contributed by atoms with van der Waals surface area (Å²) in [7, 11) is 0. The summed E-state index contributed by atoms with van der Waals surface area (Å²) in [6.07, 6.45) is 5.17. The lowest BCUT2D eigenvalue weighted by Gasteiger charge is -2.30. The fourth-order valence-corrected chi connectivity index (χ4v) is 4.15. The molecule has 0 aromatic carbocycles. The number of hydrogen-bond acceptors (Lipinski definition) is 2. The first-order valence-corrected chi connectivity index (χ1v) is 6.70. The zero-order valence-electron chi connectivity index (χ0n) is 9.97. The van der Waals surface area contributed by atoms with Crippen LogP contribution in [0, 0.1) is 23.7 Å². The SMILES string of the molecule is O=C(O)[C@@H]1[C@@H]2CC[C@@H](C2)[C@@H]1C(=O)N1CCCC1. The number of fused-ring (bicyclic) bond motifs is 2. The van der Waals surface area contributed by atoms with Gasteiger partial charge in [0.25, 0.3) is 0 Å². The molecule has 3 fully saturated rings. The topological polar surface area (TPSA) is 57.6 Å². The third-order valence-corrected chi connectivity index (χ3v) is 4.90. The molecule has 0 aromatic heterocycles. The van der Waals surface area contributed by atoms with Crippen molar-refractivity contribution < 1.29 is 14.7 Å². The fraction of sp³-hybridized carbons (Fsp3) is 0.846. The Bertz CT molecular complexity index is 349. The number of amides is 1. The van der Waals surface area contributed by atoms with Crippen LogP contribution in [0.25, 0.3) is 0 Å². The highest BCUT2D eigenvalue weighted by Crippen LogP contribution is 2.53. The molecule has 1 saturated heterocycles. The third-order valence-electron chi connectivity index (χ3n) is 4.90. The van der Waals surface area contributed by atoms with Gasteiger partial charge in [0.05, 0.1) is 11.8 Å². The van der Waals surface area contributed by atoms with Gasteiger partial charge in [-0.2, -0.15) is 0 Å². The average molecular weight is 237 g/mol. The van der Waals surface area contributed by atoms with Gasteiger partial charge >= 0.3 is 5.97 Å². The smallest absolute Gasteiger partial charge is 0.307 e. The molecule has 1 amide bonds. The van der Waals surface area contributed by atoms with Crippen molar-refractivity contribution >= 4 is 11.9 Å². The van der Waals surface area contributed by atoms with Crippen molar-refractivity contribution in [2.24, 2.45) is 23.7 Å². The minimum atomic E-state index is -0.755. The number of aliphatic carboxylic acids is 1. The molecule has 17 heavy (non-hydrogen) atoms. The molecule has 4 heteroatoms. The van der Waals surface area contributed by atoms with Crippen LogP contribution in [0.4, 0.5) is 0 Å². The molecule has 0 aromatic rings. The first kappa shape index (κ1) is 11.1. The average Bonchev–Trinajstić information content (AvgIpc) is 3.02. The Balaban J connectivity index is 1.80. The molecule has 0 radical (unpaired) electrons. The van der Waals surface area contributed by atoms with E-state index in [1.165, 1.54) is 0 Å². The Labute approximate surface area is 101 Å². The quantitative estimate of drug-likeness (QED) is 0.788. The highest BCUT2D eigenvalue weighted by Gasteiger charge is 2.54. The van der Waals surface area contributed by atoms with E-state index in [0.717, 1.165) is 45.2 Å². The van der Waals surface area contributed by atoms with Gasteiger partial charge in [0.2, 0.25) is 5.91 Å². The Kier molecular flexibility index (Phi) is 2.60. The van der Waals surface area contributed by atoms with E-state index in [1.807, 2.05) is 4.90 Å². The maximum atomic E-state index is 12.4. The molecule has 94 valence electrons. The number of rotatable bonds is 2. The van der Waals surface area contributed by atoms with Crippen molar-refractivity contribution in [1.82, 2.24) is 4.90 Å². The van der Waals surface area contributed by atoms with Crippen molar-refractivity contribution in [2.45, 2.75) is 32.1 Å². The molecular formula is C13H19NO3. The number of carboxylic acid groups (broad SMARTS) is 1. The number of hydrogen-bond donors (Lipinski definition) is 1. The summed E-state index contributed by atoms with van der Waals surface area (Å²) < 4.78 is 0. The Morgan fingerprint density at radius 3 is 2.18 bits per heavy atom. The Morgan fingerprint density at radius 1 is 1.00 bits per heavy atom. The number of nitrogens with zero attached hydrogens (tertiary/aromatic N) is 1. The highest BCUT2D eigenvalue weighted by molar-refractivity contribution is 5.86. The number of carbonyl (C=O) groups excluding carboxylic acids is 1. The van der Waals surface area contributed by atoms with Crippen LogP contribution >= 0.6 is 0 Å². The predicted octanol–water partition coefficient (Wildman–Crippen LogP) is 1.36. The minimum Gasteiger partial charge on any atom is -0.481 e. The molecule has 1 aliphatic heterocycles. The van der Waals surface area contributed by atoms with Gasteiger partial charge in [-0.15, -0.1) is 0 Å². The van der Waals surface area contributed by atoms with E-state index in [0.29, 0.717) is 5.92 Å². The second-order valence-corrected chi connectivity index (χ2v) is 5.76. The van der Waals surface area contributed by atoms with Gasteiger partial charge in [0.1, 0.15) is 0 Å². The Morgan fingerprint density at radius 2 is 1.59 bits per heavy atom. The third kappa shape index (κ3) is 1.65. The van der Waals surface area contributed by atoms with Gasteiger partial charge in [-0.25, -0.2) is 0 Å². The van der Waals surface area contributed by atoms with E-state index in [1.54, 1.807) is 0 Å². The van der Waals surface area contributed by atoms with Gasteiger partial charge < -0.3 is 10.0 Å². The summed E-state index contributed by atoms with van der Waals surface area (Å²) in [5.74, 6) is -0.647. The highest BCUT2D eigenvalue weighted by atomic mass is 16.4. The van der Waals surface area contributed by atoms with E-state index >= 15 is 0 Å². The summed E-state index contributed by atoms with van der Waals surface area (Å²) in [6.45, 7) is 1.66. The first-order chi connectivity index (χ1) is 8.18. The standard InChI is InChI=1S/C13H19NO3/c15-12(14-5-1-2-6-14)10-8-3-4-9(7-8)11(10)13(16)17/h8-11H,1-7H2,(H,16,17)/t8-,9+,10-,11+/m0/s1. The van der Waals surface area contributed by atoms with Crippen molar-refractivity contribution in [3.8, 4) is 0 Å². The van der Waals surface area contributed by atoms with Crippen molar-refractivity contribution in [2.75, 3.05) is 13.1 Å². The van der Waals surface area contributed by atoms with Gasteiger partial charge in [0, 0.05) is 13.1 Å². The van der Waals surface area contributed by atoms with Crippen LogP contribution < -0.4 is 0 Å². The summed E-state index contributed by atoms with van der Waals surface area (Å²) in [4.78, 5) is 25.7. The van der Waals surface area contributed by atoms with Crippen molar-refractivity contribution in [3.05, 3.63) is 0 Å². The lowest BCUT2D eigenvalue weighted by molar-refractivity contribution is -0.152. The second-order valence-electron chi connectivity index (χ2n) is 5.76. The molecule has 0 unspecified atom stereocenters. The van der Waals surface area contributed by atoms with Crippen LogP contribution in [-0.2, 0) is 9.59 Å². The molecule has 3 rings (SSSR count). The van der Waals surface area contributed by atoms with Gasteiger partial charge in [-0.1, -0.05) is 0 Å². The molecule has 2 saturated carbocycles. The fourth-order valence-electron chi connectivity index (χ4n) is 4.15. The van der Waals surface area contributed by atoms with Crippen LogP contribution in [0.2, 0.25) is 0 Å². The molecule has 1 N–H and O–H groups in total. The molecule has 2 bridgehead atoms. The molecule has 4 atom stereocenters. The molecule has 3 aliphatic rings. The van der Waals surface area contributed by atoms with E-state index in [4.69, 9.17) is 0 Å². The molecule has 0 spiro atoms. The van der Waals surface area contributed by atoms with Crippen LogP contribution in [0.15, 0.2) is 0 Å². The van der Waals surface area contributed by atoms with Crippen LogP contribution in [0.5, 0.6) is 0 Å². The monoisotopic (exact) mass is 237 g/mol. The number of carbonyl (C=O) groups is 2. The van der Waals surface area contributed by atoms with Crippen molar-refractivity contribution in [1.29, 1.82) is 0 Å². The molecule has 4 nitrogen and oxygen atoms in total. The summed E-state index contributed by atoms with van der Waals surface area (Å²) in [6, 6.07) is 0. The van der Waals surface area contributed by atoms with Crippen LogP contribution in [0.3, 0.4) is 0 Å². The van der Waals surface area contributed by atoms with E-state index < -0.39 is 11.9 Å². The lowest BCUT2D eigenvalue weighted by Crippen LogP contribution is -2.42. The first-order valence-electron chi connectivity index (χ1n) is 6.70. The molecule has 1 heterocycles. The summed E-state index contributed by atoms with van der Waals surface area (Å²) >= 11 is 0. The normalized spacial score (nSPS) is 39.9. The molecular weight excluding hydrogens is 218 g/mol. The summed E-state index contributed by atoms with van der Waals surface area (Å²) in [5, 5.41) is 9.33. The maximum absolute atomic E-state index is 12.4. The summed E-state index contributed by atoms with van der Waals surface area (Å²) in [5.41, 5.74) is 0. The van der Waals surface area contributed by atoms with Crippen molar-refractivity contribution in [3.63, 3.8) is 0 Å². The van der Waals surface area contributed by atoms with E-state index in [9.17, 15) is 14.7 Å². The number of likely N-dealkylation sites (tertiary alicyclic amines) is 1. The zero-order chi connectivity index (χ0) is 12.0. The minimum absolute atomic E-state index is 0.127. The predicted molar refractivity (Wildman–Crippen MR) is 61.3 cm³/mol. The van der Waals surface area contributed by atoms with Gasteiger partial charge in [-0.05, 0) is 43.9 Å². The largest absolute Gasteiger partial charge is 0.481 e. The van der Waals surface area contributed by atoms with E-state index in [2.05, 4.69) is 0 Å². The lowest BCUT2D eigenvalue weighted by atomic mass is 9.78. The van der Waals surface area contributed by atoms with E-state index in [-0.39, 0.29) is 17.7 Å². The number of carboxylic acids is 1. The molecule has 2 aliphatic carbocycles. The van der Waals surface area contributed by atoms with Crippen LogP contribution in [0.1, 0.15) is 32.1 Å². The van der Waals surface area contributed by atoms with Gasteiger partial charge in [0.15, 0.2) is 0 Å². The second kappa shape index (κ2) is 4.00. The zero-order valence-corrected chi connectivity index (χ0v) is 9.97. The maximum Gasteiger partial charge on any atom is 0.307 e.